The van der Waals surface area contributed by atoms with Crippen molar-refractivity contribution in [2.75, 3.05) is 46.4 Å². The largest absolute Gasteiger partial charge is 0.486 e. The van der Waals surface area contributed by atoms with E-state index in [9.17, 15) is 13.2 Å². The van der Waals surface area contributed by atoms with Gasteiger partial charge in [0.15, 0.2) is 17.4 Å². The van der Waals surface area contributed by atoms with Gasteiger partial charge in [0.05, 0.1) is 0 Å². The van der Waals surface area contributed by atoms with Gasteiger partial charge in [0.1, 0.15) is 24.8 Å². The summed E-state index contributed by atoms with van der Waals surface area (Å²) in [4.78, 5) is 1.81. The van der Waals surface area contributed by atoms with Crippen molar-refractivity contribution in [3.8, 4) is 17.2 Å². The summed E-state index contributed by atoms with van der Waals surface area (Å²) in [5.74, 6) is -2.06. The fourth-order valence-electron chi connectivity index (χ4n) is 3.12. The molecule has 3 rings (SSSR count). The molecule has 37 heavy (non-hydrogen) atoms. The monoisotopic (exact) mass is 522 g/mol. The van der Waals surface area contributed by atoms with Crippen LogP contribution in [0.1, 0.15) is 33.3 Å². The Morgan fingerprint density at radius 1 is 0.892 bits per heavy atom. The van der Waals surface area contributed by atoms with Crippen LogP contribution in [-0.4, -0.2) is 46.0 Å². The molecule has 0 atom stereocenters. The van der Waals surface area contributed by atoms with E-state index >= 15 is 0 Å². The molecule has 0 radical (unpaired) electrons. The van der Waals surface area contributed by atoms with Crippen LogP contribution < -0.4 is 14.8 Å². The standard InChI is InChI=1S/C14H15NO2.C13H18F3NO.C2H6.H2/c1-16-11-15-12-6-5-9-14(10-12)17-13-7-3-2-4-8-13;1-5-9-8(2)10(14)12(16)13(11(9)15)18-7-6-17(3)4;1-2;/h2-10,15H,11H2,1H3;5-7H2,1-4H3;1-2H3;1H. The molecule has 8 heteroatoms. The van der Waals surface area contributed by atoms with Crippen molar-refractivity contribution < 1.29 is 28.8 Å². The molecule has 3 aromatic carbocycles. The molecule has 3 aromatic rings. The van der Waals surface area contributed by atoms with Crippen molar-refractivity contribution >= 4 is 5.69 Å². The van der Waals surface area contributed by atoms with Crippen LogP contribution in [0.2, 0.25) is 0 Å². The van der Waals surface area contributed by atoms with E-state index < -0.39 is 23.2 Å². The predicted octanol–water partition coefficient (Wildman–Crippen LogP) is 7.68. The summed E-state index contributed by atoms with van der Waals surface area (Å²) < 4.78 is 56.8. The zero-order valence-corrected chi connectivity index (χ0v) is 22.8. The Morgan fingerprint density at radius 3 is 2.14 bits per heavy atom. The average Bonchev–Trinajstić information content (AvgIpc) is 2.91. The molecule has 0 saturated carbocycles. The Hall–Kier alpha value is -3.23. The minimum atomic E-state index is -1.25. The maximum atomic E-state index is 14.0. The van der Waals surface area contributed by atoms with Crippen molar-refractivity contribution in [3.05, 3.63) is 83.2 Å². The van der Waals surface area contributed by atoms with Crippen LogP contribution in [0.15, 0.2) is 54.6 Å². The van der Waals surface area contributed by atoms with Gasteiger partial charge in [-0.3, -0.25) is 0 Å². The third kappa shape index (κ3) is 10.3. The third-order valence-corrected chi connectivity index (χ3v) is 5.01. The molecule has 0 aliphatic rings. The van der Waals surface area contributed by atoms with Gasteiger partial charge in [0.25, 0.3) is 0 Å². The Bertz CT molecular complexity index is 1070. The molecule has 0 unspecified atom stereocenters. The Labute approximate surface area is 220 Å². The fraction of sp³-hybridized carbons (Fsp3) is 0.379. The molecule has 0 aliphatic carbocycles. The molecule has 0 fully saturated rings. The van der Waals surface area contributed by atoms with Gasteiger partial charge in [0.2, 0.25) is 5.82 Å². The summed E-state index contributed by atoms with van der Waals surface area (Å²) >= 11 is 0. The number of nitrogens with one attached hydrogen (secondary N) is 1. The molecular weight excluding hydrogens is 481 g/mol. The SMILES string of the molecule is CC.CCc1c(C)c(F)c(F)c(OCCN(C)C)c1F.COCNc1cccc(Oc2ccccc2)c1.[HH]. The van der Waals surface area contributed by atoms with Crippen LogP contribution in [0, 0.1) is 24.4 Å². The summed E-state index contributed by atoms with van der Waals surface area (Å²) in [6.45, 7) is 8.13. The third-order valence-electron chi connectivity index (χ3n) is 5.01. The molecule has 206 valence electrons. The number of likely N-dealkylation sites (N-methyl/N-ethyl adjacent to an activating group) is 1. The minimum Gasteiger partial charge on any atom is -0.486 e. The van der Waals surface area contributed by atoms with Gasteiger partial charge >= 0.3 is 0 Å². The van der Waals surface area contributed by atoms with Crippen LogP contribution >= 0.6 is 0 Å². The lowest BCUT2D eigenvalue weighted by molar-refractivity contribution is 0.221. The smallest absolute Gasteiger partial charge is 0.203 e. The lowest BCUT2D eigenvalue weighted by atomic mass is 10.0. The Kier molecular flexibility index (Phi) is 14.8. The number of methoxy groups -OCH3 is 1. The highest BCUT2D eigenvalue weighted by molar-refractivity contribution is 5.48. The number of nitrogens with zero attached hydrogens (tertiary/aromatic N) is 1. The zero-order chi connectivity index (χ0) is 27.8. The molecule has 0 bridgehead atoms. The van der Waals surface area contributed by atoms with Gasteiger partial charge in [-0.05, 0) is 62.8 Å². The summed E-state index contributed by atoms with van der Waals surface area (Å²) in [5, 5.41) is 3.12. The van der Waals surface area contributed by atoms with E-state index in [1.54, 1.807) is 18.9 Å². The van der Waals surface area contributed by atoms with Crippen molar-refractivity contribution in [1.29, 1.82) is 0 Å². The summed E-state index contributed by atoms with van der Waals surface area (Å²) in [6.07, 6.45) is 0.291. The highest BCUT2D eigenvalue weighted by atomic mass is 19.2. The lowest BCUT2D eigenvalue weighted by Gasteiger charge is -2.15. The second-order valence-corrected chi connectivity index (χ2v) is 7.93. The van der Waals surface area contributed by atoms with E-state index in [2.05, 4.69) is 5.32 Å². The average molecular weight is 523 g/mol. The quantitative estimate of drug-likeness (QED) is 0.218. The van der Waals surface area contributed by atoms with Crippen molar-refractivity contribution in [3.63, 3.8) is 0 Å². The van der Waals surface area contributed by atoms with Crippen LogP contribution in [0.3, 0.4) is 0 Å². The first-order valence-electron chi connectivity index (χ1n) is 12.3. The van der Waals surface area contributed by atoms with Gasteiger partial charge in [-0.1, -0.05) is 45.0 Å². The minimum absolute atomic E-state index is 0. The maximum Gasteiger partial charge on any atom is 0.203 e. The molecule has 5 nitrogen and oxygen atoms in total. The van der Waals surface area contributed by atoms with Crippen LogP contribution in [0.4, 0.5) is 18.9 Å². The van der Waals surface area contributed by atoms with Crippen molar-refractivity contribution in [2.45, 2.75) is 34.1 Å². The highest BCUT2D eigenvalue weighted by Gasteiger charge is 2.23. The molecule has 0 amide bonds. The topological polar surface area (TPSA) is 43.0 Å². The molecular formula is C29H41F3N2O3. The first kappa shape index (κ1) is 31.8. The summed E-state index contributed by atoms with van der Waals surface area (Å²) in [7, 11) is 5.27. The van der Waals surface area contributed by atoms with Gasteiger partial charge in [0, 0.05) is 26.8 Å². The Morgan fingerprint density at radius 2 is 1.54 bits per heavy atom. The normalized spacial score (nSPS) is 10.1. The molecule has 0 aliphatic heterocycles. The fourth-order valence-corrected chi connectivity index (χ4v) is 3.12. The number of anilines is 1. The molecule has 0 aromatic heterocycles. The second-order valence-electron chi connectivity index (χ2n) is 7.93. The molecule has 1 N–H and O–H groups in total. The lowest BCUT2D eigenvalue weighted by Crippen LogP contribution is -2.20. The van der Waals surface area contributed by atoms with Gasteiger partial charge in [-0.2, -0.15) is 4.39 Å². The number of para-hydroxylation sites is 1. The van der Waals surface area contributed by atoms with Gasteiger partial charge < -0.3 is 24.4 Å². The highest BCUT2D eigenvalue weighted by Crippen LogP contribution is 2.31. The number of halogens is 3. The van der Waals surface area contributed by atoms with E-state index in [4.69, 9.17) is 14.2 Å². The molecule has 0 heterocycles. The van der Waals surface area contributed by atoms with Crippen LogP contribution in [0.25, 0.3) is 0 Å². The van der Waals surface area contributed by atoms with Crippen LogP contribution in [-0.2, 0) is 11.2 Å². The first-order valence-corrected chi connectivity index (χ1v) is 12.3. The van der Waals surface area contributed by atoms with E-state index in [-0.39, 0.29) is 19.2 Å². The maximum absolute atomic E-state index is 14.0. The van der Waals surface area contributed by atoms with E-state index in [1.807, 2.05) is 82.5 Å². The summed E-state index contributed by atoms with van der Waals surface area (Å²) in [6, 6.07) is 17.5. The number of benzene rings is 3. The number of ether oxygens (including phenoxy) is 3. The van der Waals surface area contributed by atoms with Gasteiger partial charge in [-0.25, -0.2) is 8.78 Å². The zero-order valence-electron chi connectivity index (χ0n) is 22.8. The predicted molar refractivity (Wildman–Crippen MR) is 146 cm³/mol. The number of rotatable bonds is 10. The molecule has 0 spiro atoms. The van der Waals surface area contributed by atoms with E-state index in [0.29, 0.717) is 19.7 Å². The van der Waals surface area contributed by atoms with Crippen molar-refractivity contribution in [2.24, 2.45) is 0 Å². The first-order chi connectivity index (χ1) is 17.8. The van der Waals surface area contributed by atoms with Crippen LogP contribution in [0.5, 0.6) is 17.2 Å². The molecule has 0 saturated heterocycles. The van der Waals surface area contributed by atoms with Gasteiger partial charge in [-0.15, -0.1) is 0 Å². The Balaban J connectivity index is 0.000000660. The van der Waals surface area contributed by atoms with Crippen molar-refractivity contribution in [1.82, 2.24) is 4.90 Å². The van der Waals surface area contributed by atoms with E-state index in [0.717, 1.165) is 17.2 Å². The summed E-state index contributed by atoms with van der Waals surface area (Å²) in [5.41, 5.74) is 1.14. The number of hydrogen-bond donors (Lipinski definition) is 1. The number of hydrogen-bond acceptors (Lipinski definition) is 5. The second kappa shape index (κ2) is 17.3. The van der Waals surface area contributed by atoms with E-state index in [1.165, 1.54) is 6.92 Å².